The van der Waals surface area contributed by atoms with E-state index in [1.54, 1.807) is 18.2 Å². The molecule has 7 heteroatoms. The minimum absolute atomic E-state index is 0.0241. The number of hydrogen-bond acceptors (Lipinski definition) is 5. The van der Waals surface area contributed by atoms with Crippen LogP contribution in [0, 0.1) is 10.1 Å². The molecular weight excluding hydrogens is 390 g/mol. The van der Waals surface area contributed by atoms with Crippen LogP contribution in [0.5, 0.6) is 5.75 Å². The van der Waals surface area contributed by atoms with Gasteiger partial charge in [-0.2, -0.15) is 5.10 Å². The van der Waals surface area contributed by atoms with Gasteiger partial charge in [-0.3, -0.25) is 10.1 Å². The third kappa shape index (κ3) is 3.11. The molecule has 0 spiro atoms. The van der Waals surface area contributed by atoms with Crippen molar-refractivity contribution in [2.24, 2.45) is 5.10 Å². The first-order valence-corrected chi connectivity index (χ1v) is 9.59. The van der Waals surface area contributed by atoms with E-state index in [-0.39, 0.29) is 11.7 Å². The molecule has 2 aliphatic rings. The lowest BCUT2D eigenvalue weighted by atomic mass is 9.96. The highest BCUT2D eigenvalue weighted by Crippen LogP contribution is 2.48. The fourth-order valence-corrected chi connectivity index (χ4v) is 4.06. The molecule has 2 heterocycles. The van der Waals surface area contributed by atoms with Gasteiger partial charge in [-0.25, -0.2) is 5.01 Å². The fourth-order valence-electron chi connectivity index (χ4n) is 3.88. The molecule has 2 aliphatic heterocycles. The van der Waals surface area contributed by atoms with Crippen molar-refractivity contribution in [2.75, 3.05) is 0 Å². The summed E-state index contributed by atoms with van der Waals surface area (Å²) in [6, 6.07) is 22.0. The summed E-state index contributed by atoms with van der Waals surface area (Å²) in [6.07, 6.45) is 0.140. The molecule has 144 valence electrons. The Morgan fingerprint density at radius 2 is 1.90 bits per heavy atom. The zero-order chi connectivity index (χ0) is 20.0. The molecule has 5 rings (SSSR count). The summed E-state index contributed by atoms with van der Waals surface area (Å²) in [5, 5.41) is 18.6. The van der Waals surface area contributed by atoms with Gasteiger partial charge in [0.15, 0.2) is 0 Å². The SMILES string of the molecule is O=[N+]([O-])c1cccc(C2Oc3ccc(Cl)cc3C3CC(c4ccccc4)=NN32)c1. The highest BCUT2D eigenvalue weighted by atomic mass is 35.5. The number of nitro groups is 1. The molecule has 0 fully saturated rings. The summed E-state index contributed by atoms with van der Waals surface area (Å²) in [5.41, 5.74) is 3.67. The average Bonchev–Trinajstić information content (AvgIpc) is 3.20. The summed E-state index contributed by atoms with van der Waals surface area (Å²) in [6.45, 7) is 0. The minimum atomic E-state index is -0.560. The van der Waals surface area contributed by atoms with Crippen LogP contribution in [0.4, 0.5) is 5.69 Å². The summed E-state index contributed by atoms with van der Waals surface area (Å²) in [5.74, 6) is 0.719. The lowest BCUT2D eigenvalue weighted by Crippen LogP contribution is -2.33. The Hall–Kier alpha value is -3.38. The number of halogens is 1. The molecule has 3 aromatic carbocycles. The van der Waals surface area contributed by atoms with Gasteiger partial charge in [-0.05, 0) is 23.8 Å². The van der Waals surface area contributed by atoms with Crippen LogP contribution in [0.1, 0.15) is 35.4 Å². The van der Waals surface area contributed by atoms with E-state index in [1.165, 1.54) is 6.07 Å². The molecule has 3 aromatic rings. The standard InChI is InChI=1S/C22H16ClN3O3/c23-16-9-10-21-18(12-16)20-13-19(14-5-2-1-3-6-14)24-25(20)22(29-21)15-7-4-8-17(11-15)26(27)28/h1-12,20,22H,13H2. The molecule has 0 radical (unpaired) electrons. The first kappa shape index (κ1) is 17.7. The van der Waals surface area contributed by atoms with Crippen LogP contribution >= 0.6 is 11.6 Å². The fraction of sp³-hybridized carbons (Fsp3) is 0.136. The zero-order valence-electron chi connectivity index (χ0n) is 15.2. The van der Waals surface area contributed by atoms with Crippen molar-refractivity contribution >= 4 is 23.0 Å². The number of ether oxygens (including phenoxy) is 1. The van der Waals surface area contributed by atoms with Gasteiger partial charge >= 0.3 is 0 Å². The molecule has 0 bridgehead atoms. The number of hydrogen-bond donors (Lipinski definition) is 0. The minimum Gasteiger partial charge on any atom is -0.464 e. The maximum absolute atomic E-state index is 11.2. The predicted molar refractivity (Wildman–Crippen MR) is 110 cm³/mol. The molecule has 0 saturated heterocycles. The highest BCUT2D eigenvalue weighted by molar-refractivity contribution is 6.30. The summed E-state index contributed by atoms with van der Waals surface area (Å²) >= 11 is 6.24. The number of hydrazone groups is 1. The van der Waals surface area contributed by atoms with Crippen molar-refractivity contribution in [2.45, 2.75) is 18.7 Å². The number of fused-ring (bicyclic) bond motifs is 3. The van der Waals surface area contributed by atoms with Gasteiger partial charge in [0.25, 0.3) is 5.69 Å². The lowest BCUT2D eigenvalue weighted by molar-refractivity contribution is -0.385. The summed E-state index contributed by atoms with van der Waals surface area (Å²) in [7, 11) is 0. The van der Waals surface area contributed by atoms with Gasteiger partial charge in [0.1, 0.15) is 5.75 Å². The molecule has 0 aliphatic carbocycles. The van der Waals surface area contributed by atoms with E-state index in [4.69, 9.17) is 21.4 Å². The van der Waals surface area contributed by atoms with Crippen LogP contribution in [0.3, 0.4) is 0 Å². The number of rotatable bonds is 3. The van der Waals surface area contributed by atoms with Crippen molar-refractivity contribution in [3.8, 4) is 5.75 Å². The Morgan fingerprint density at radius 1 is 1.07 bits per heavy atom. The monoisotopic (exact) mass is 405 g/mol. The Balaban J connectivity index is 1.61. The van der Waals surface area contributed by atoms with E-state index in [0.29, 0.717) is 17.0 Å². The smallest absolute Gasteiger partial charge is 0.269 e. The third-order valence-electron chi connectivity index (χ3n) is 5.23. The van der Waals surface area contributed by atoms with E-state index in [9.17, 15) is 10.1 Å². The number of nitrogens with zero attached hydrogens (tertiary/aromatic N) is 3. The van der Waals surface area contributed by atoms with E-state index in [1.807, 2.05) is 53.5 Å². The predicted octanol–water partition coefficient (Wildman–Crippen LogP) is 5.49. The molecular formula is C22H16ClN3O3. The molecule has 0 aromatic heterocycles. The van der Waals surface area contributed by atoms with E-state index >= 15 is 0 Å². The van der Waals surface area contributed by atoms with Crippen molar-refractivity contribution in [1.82, 2.24) is 5.01 Å². The van der Waals surface area contributed by atoms with Crippen LogP contribution in [-0.4, -0.2) is 15.6 Å². The number of nitro benzene ring substituents is 1. The molecule has 0 saturated carbocycles. The van der Waals surface area contributed by atoms with Gasteiger partial charge in [0.05, 0.1) is 16.7 Å². The second-order valence-electron chi connectivity index (χ2n) is 7.02. The summed E-state index contributed by atoms with van der Waals surface area (Å²) < 4.78 is 6.24. The molecule has 29 heavy (non-hydrogen) atoms. The zero-order valence-corrected chi connectivity index (χ0v) is 16.0. The number of non-ortho nitro benzene ring substituents is 1. The molecule has 2 unspecified atom stereocenters. The maximum Gasteiger partial charge on any atom is 0.269 e. The van der Waals surface area contributed by atoms with Crippen molar-refractivity contribution in [1.29, 1.82) is 0 Å². The van der Waals surface area contributed by atoms with Gasteiger partial charge < -0.3 is 4.74 Å². The van der Waals surface area contributed by atoms with Crippen LogP contribution in [0.2, 0.25) is 5.02 Å². The maximum atomic E-state index is 11.2. The molecule has 2 atom stereocenters. The second-order valence-corrected chi connectivity index (χ2v) is 7.45. The van der Waals surface area contributed by atoms with Gasteiger partial charge in [-0.1, -0.05) is 54.1 Å². The van der Waals surface area contributed by atoms with Crippen molar-refractivity contribution in [3.05, 3.63) is 105 Å². The Morgan fingerprint density at radius 3 is 2.69 bits per heavy atom. The van der Waals surface area contributed by atoms with Crippen LogP contribution in [0.25, 0.3) is 0 Å². The topological polar surface area (TPSA) is 68.0 Å². The normalized spacial score (nSPS) is 19.8. The van der Waals surface area contributed by atoms with Crippen LogP contribution in [0.15, 0.2) is 77.9 Å². The van der Waals surface area contributed by atoms with Gasteiger partial charge in [-0.15, -0.1) is 0 Å². The van der Waals surface area contributed by atoms with Gasteiger partial charge in [0, 0.05) is 34.7 Å². The quantitative estimate of drug-likeness (QED) is 0.426. The third-order valence-corrected chi connectivity index (χ3v) is 5.46. The van der Waals surface area contributed by atoms with Crippen molar-refractivity contribution in [3.63, 3.8) is 0 Å². The van der Waals surface area contributed by atoms with E-state index in [0.717, 1.165) is 22.6 Å². The number of benzene rings is 3. The Labute approximate surface area is 172 Å². The average molecular weight is 406 g/mol. The Bertz CT molecular complexity index is 1130. The Kier molecular flexibility index (Phi) is 4.21. The molecule has 6 nitrogen and oxygen atoms in total. The summed E-state index contributed by atoms with van der Waals surface area (Å²) in [4.78, 5) is 10.8. The van der Waals surface area contributed by atoms with E-state index in [2.05, 4.69) is 0 Å². The largest absolute Gasteiger partial charge is 0.464 e. The van der Waals surface area contributed by atoms with E-state index < -0.39 is 11.2 Å². The highest BCUT2D eigenvalue weighted by Gasteiger charge is 2.41. The first-order valence-electron chi connectivity index (χ1n) is 9.22. The van der Waals surface area contributed by atoms with Crippen LogP contribution < -0.4 is 4.74 Å². The molecule has 0 N–H and O–H groups in total. The first-order chi connectivity index (χ1) is 14.1. The lowest BCUT2D eigenvalue weighted by Gasteiger charge is -2.38. The van der Waals surface area contributed by atoms with Crippen molar-refractivity contribution < 1.29 is 9.66 Å². The molecule has 0 amide bonds. The van der Waals surface area contributed by atoms with Gasteiger partial charge in [0.2, 0.25) is 6.23 Å². The van der Waals surface area contributed by atoms with Crippen LogP contribution in [-0.2, 0) is 0 Å². The second kappa shape index (κ2) is 6.90.